The highest BCUT2D eigenvalue weighted by atomic mass is 31.2. The minimum Gasteiger partial charge on any atom is -0.779 e. The first-order chi connectivity index (χ1) is 12.8. The molecule has 0 amide bonds. The molecule has 0 spiro atoms. The van der Waals surface area contributed by atoms with E-state index in [1.165, 1.54) is 13.4 Å². The second kappa shape index (κ2) is 8.17. The highest BCUT2D eigenvalue weighted by molar-refractivity contribution is 7.50. The number of anilines is 1. The Bertz CT molecular complexity index is 839. The molecule has 0 aliphatic carbocycles. The number of nitrogen functional groups attached to an aromatic ring is 1. The quantitative estimate of drug-likeness (QED) is 0.568. The van der Waals surface area contributed by atoms with Gasteiger partial charge in [0.25, 0.3) is 0 Å². The van der Waals surface area contributed by atoms with Crippen molar-refractivity contribution in [2.75, 3.05) is 32.7 Å². The number of fused-ring (bicyclic) bond motifs is 1. The van der Waals surface area contributed by atoms with Gasteiger partial charge >= 0.3 is 0 Å². The van der Waals surface area contributed by atoms with Crippen LogP contribution in [0.3, 0.4) is 0 Å². The number of rotatable bonds is 8. The average Bonchev–Trinajstić information content (AvgIpc) is 3.14. The summed E-state index contributed by atoms with van der Waals surface area (Å²) in [5.74, 6) is 0.329. The van der Waals surface area contributed by atoms with Gasteiger partial charge in [0.2, 0.25) is 0 Å². The van der Waals surface area contributed by atoms with Gasteiger partial charge in [-0.2, -0.15) is 5.10 Å². The summed E-state index contributed by atoms with van der Waals surface area (Å²) in [6.07, 6.45) is 1.21. The molecule has 1 saturated heterocycles. The van der Waals surface area contributed by atoms with Gasteiger partial charge in [0.15, 0.2) is 11.9 Å². The van der Waals surface area contributed by atoms with Gasteiger partial charge in [-0.15, -0.1) is 0 Å². The summed E-state index contributed by atoms with van der Waals surface area (Å²) in [5, 5.41) is 5.26. The highest BCUT2D eigenvalue weighted by Crippen LogP contribution is 2.42. The van der Waals surface area contributed by atoms with Gasteiger partial charge in [0.05, 0.1) is 23.8 Å². The van der Waals surface area contributed by atoms with E-state index in [0.29, 0.717) is 29.8 Å². The highest BCUT2D eigenvalue weighted by Gasteiger charge is 2.39. The zero-order valence-electron chi connectivity index (χ0n) is 15.3. The van der Waals surface area contributed by atoms with E-state index < -0.39 is 26.0 Å². The summed E-state index contributed by atoms with van der Waals surface area (Å²) in [4.78, 5) is 19.9. The summed E-state index contributed by atoms with van der Waals surface area (Å²) in [6.45, 7) is 1.74. The third kappa shape index (κ3) is 4.45. The Labute approximate surface area is 156 Å². The predicted molar refractivity (Wildman–Crippen MR) is 95.9 cm³/mol. The average molecular weight is 399 g/mol. The number of nitrogens with two attached hydrogens (primary N) is 2. The standard InChI is InChI=1S/C15H25N6O5P/c1-24-7-11-10(26-27(2,22)23)6-12(25-11)21-15-13(14(17)18-8-19-15)9(20-21)4-3-5-16/h8,10-12H,3-7,16H2,1-2H3,(H,22,23)(H2,17,18,19)/p-1. The van der Waals surface area contributed by atoms with Crippen LogP contribution < -0.4 is 16.4 Å². The van der Waals surface area contributed by atoms with Gasteiger partial charge < -0.3 is 34.9 Å². The first-order valence-electron chi connectivity index (χ1n) is 8.63. The predicted octanol–water partition coefficient (Wildman–Crippen LogP) is -0.198. The van der Waals surface area contributed by atoms with Gasteiger partial charge in [0, 0.05) is 20.2 Å². The lowest BCUT2D eigenvalue weighted by Crippen LogP contribution is -2.29. The zero-order chi connectivity index (χ0) is 19.6. The van der Waals surface area contributed by atoms with E-state index in [1.807, 2.05) is 0 Å². The second-order valence-corrected chi connectivity index (χ2v) is 8.23. The number of hydrogen-bond donors (Lipinski definition) is 2. The normalized spacial score (nSPS) is 25.1. The number of methoxy groups -OCH3 is 1. The fraction of sp³-hybridized carbons (Fsp3) is 0.667. The summed E-state index contributed by atoms with van der Waals surface area (Å²) < 4.78 is 29.5. The molecule has 11 nitrogen and oxygen atoms in total. The molecular weight excluding hydrogens is 375 g/mol. The van der Waals surface area contributed by atoms with Crippen LogP contribution in [0.4, 0.5) is 5.82 Å². The van der Waals surface area contributed by atoms with Crippen LogP contribution in [0.15, 0.2) is 6.33 Å². The van der Waals surface area contributed by atoms with Crippen LogP contribution in [0.25, 0.3) is 11.0 Å². The number of hydrogen-bond acceptors (Lipinski definition) is 10. The van der Waals surface area contributed by atoms with E-state index in [9.17, 15) is 9.46 Å². The van der Waals surface area contributed by atoms with Gasteiger partial charge in [-0.3, -0.25) is 0 Å². The minimum atomic E-state index is -3.93. The molecule has 3 heterocycles. The SMILES string of the molecule is COCC1OC(n2nc(CCCN)c3c(N)ncnc32)CC1OP(C)(=O)[O-]. The van der Waals surface area contributed by atoms with Crippen LogP contribution in [0.1, 0.15) is 24.8 Å². The monoisotopic (exact) mass is 399 g/mol. The molecule has 4 atom stereocenters. The largest absolute Gasteiger partial charge is 0.779 e. The first kappa shape index (κ1) is 20.1. The number of nitrogens with zero attached hydrogens (tertiary/aromatic N) is 4. The van der Waals surface area contributed by atoms with E-state index >= 15 is 0 Å². The Kier molecular flexibility index (Phi) is 6.09. The zero-order valence-corrected chi connectivity index (χ0v) is 16.2. The van der Waals surface area contributed by atoms with Crippen LogP contribution in [0.2, 0.25) is 0 Å². The molecule has 3 rings (SSSR count). The molecule has 12 heteroatoms. The molecule has 27 heavy (non-hydrogen) atoms. The first-order valence-corrected chi connectivity index (χ1v) is 10.6. The number of aryl methyl sites for hydroxylation is 1. The summed E-state index contributed by atoms with van der Waals surface area (Å²) in [7, 11) is -2.42. The maximum atomic E-state index is 11.6. The van der Waals surface area contributed by atoms with Crippen molar-refractivity contribution in [2.45, 2.75) is 37.7 Å². The topological polar surface area (TPSA) is 163 Å². The molecule has 2 aromatic rings. The van der Waals surface area contributed by atoms with Crippen molar-refractivity contribution in [3.05, 3.63) is 12.0 Å². The maximum Gasteiger partial charge on any atom is 0.166 e. The van der Waals surface area contributed by atoms with Crippen molar-refractivity contribution in [2.24, 2.45) is 5.73 Å². The van der Waals surface area contributed by atoms with Crippen LogP contribution >= 0.6 is 7.60 Å². The summed E-state index contributed by atoms with van der Waals surface area (Å²) in [5.41, 5.74) is 12.9. The lowest BCUT2D eigenvalue weighted by atomic mass is 10.2. The molecule has 4 unspecified atom stereocenters. The van der Waals surface area contributed by atoms with E-state index in [-0.39, 0.29) is 13.0 Å². The fourth-order valence-electron chi connectivity index (χ4n) is 3.23. The minimum absolute atomic E-state index is 0.192. The Morgan fingerprint density at radius 2 is 2.26 bits per heavy atom. The molecule has 0 aromatic carbocycles. The number of ether oxygens (including phenoxy) is 2. The molecule has 0 radical (unpaired) electrons. The number of aromatic nitrogens is 4. The van der Waals surface area contributed by atoms with Crippen molar-refractivity contribution in [3.63, 3.8) is 0 Å². The van der Waals surface area contributed by atoms with Crippen molar-refractivity contribution < 1.29 is 23.5 Å². The molecule has 150 valence electrons. The molecule has 4 N–H and O–H groups in total. The Balaban J connectivity index is 1.94. The Morgan fingerprint density at radius 1 is 1.48 bits per heavy atom. The van der Waals surface area contributed by atoms with E-state index in [4.69, 9.17) is 25.5 Å². The van der Waals surface area contributed by atoms with Crippen molar-refractivity contribution in [1.82, 2.24) is 19.7 Å². The summed E-state index contributed by atoms with van der Waals surface area (Å²) >= 11 is 0. The van der Waals surface area contributed by atoms with Gasteiger partial charge in [-0.1, -0.05) is 0 Å². The third-order valence-corrected chi connectivity index (χ3v) is 4.97. The van der Waals surface area contributed by atoms with Crippen molar-refractivity contribution in [1.29, 1.82) is 0 Å². The third-order valence-electron chi connectivity index (χ3n) is 4.32. The Hall–Kier alpha value is -1.62. The van der Waals surface area contributed by atoms with Crippen LogP contribution in [-0.2, 0) is 25.0 Å². The smallest absolute Gasteiger partial charge is 0.166 e. The second-order valence-electron chi connectivity index (χ2n) is 6.48. The van der Waals surface area contributed by atoms with Crippen molar-refractivity contribution in [3.8, 4) is 0 Å². The molecule has 0 bridgehead atoms. The van der Waals surface area contributed by atoms with Gasteiger partial charge in [-0.25, -0.2) is 14.6 Å². The molecule has 0 saturated carbocycles. The van der Waals surface area contributed by atoms with Gasteiger partial charge in [0.1, 0.15) is 25.8 Å². The van der Waals surface area contributed by atoms with Crippen molar-refractivity contribution >= 4 is 24.4 Å². The van der Waals surface area contributed by atoms with Gasteiger partial charge in [-0.05, 0) is 19.4 Å². The molecule has 1 aliphatic heterocycles. The molecule has 1 fully saturated rings. The van der Waals surface area contributed by atoms with Crippen LogP contribution in [0, 0.1) is 0 Å². The Morgan fingerprint density at radius 3 is 2.93 bits per heavy atom. The van der Waals surface area contributed by atoms with Crippen LogP contribution in [-0.4, -0.2) is 58.9 Å². The van der Waals surface area contributed by atoms with E-state index in [1.54, 1.807) is 4.68 Å². The molecule has 1 aliphatic rings. The fourth-order valence-corrected chi connectivity index (χ4v) is 3.95. The van der Waals surface area contributed by atoms with Crippen LogP contribution in [0.5, 0.6) is 0 Å². The lowest BCUT2D eigenvalue weighted by Gasteiger charge is -2.25. The van der Waals surface area contributed by atoms with E-state index in [2.05, 4.69) is 15.1 Å². The molecular formula is C15H24N6O5P-. The molecule has 2 aromatic heterocycles. The summed E-state index contributed by atoms with van der Waals surface area (Å²) in [6, 6.07) is 0. The maximum absolute atomic E-state index is 11.6. The van der Waals surface area contributed by atoms with E-state index in [0.717, 1.165) is 18.8 Å². The lowest BCUT2D eigenvalue weighted by molar-refractivity contribution is -0.202.